The highest BCUT2D eigenvalue weighted by Gasteiger charge is 2.30. The second-order valence-corrected chi connectivity index (χ2v) is 12.4. The molecule has 2 heterocycles. The number of thiophene rings is 1. The van der Waals surface area contributed by atoms with Crippen molar-refractivity contribution in [3.63, 3.8) is 0 Å². The van der Waals surface area contributed by atoms with Crippen molar-refractivity contribution in [2.75, 3.05) is 0 Å². The summed E-state index contributed by atoms with van der Waals surface area (Å²) in [5, 5.41) is 2.77. The van der Waals surface area contributed by atoms with Crippen LogP contribution in [0.2, 0.25) is 0 Å². The van der Waals surface area contributed by atoms with Crippen LogP contribution < -0.4 is 0 Å². The summed E-state index contributed by atoms with van der Waals surface area (Å²) in [4.78, 5) is 5.18. The highest BCUT2D eigenvalue weighted by molar-refractivity contribution is 7.25. The first-order valence-corrected chi connectivity index (χ1v) is 16.4. The van der Waals surface area contributed by atoms with Crippen LogP contribution >= 0.6 is 11.3 Å². The summed E-state index contributed by atoms with van der Waals surface area (Å²) in [6, 6.07) is 27.1. The second-order valence-electron chi connectivity index (χ2n) is 11.3. The summed E-state index contributed by atoms with van der Waals surface area (Å²) in [5.74, 6) is 0.298. The molecule has 0 fully saturated rings. The number of nitrogens with zero attached hydrogens (tertiary/aromatic N) is 1. The molecule has 3 aromatic carbocycles. The third kappa shape index (κ3) is 5.83. The SMILES string of the molecule is CC=CC=CCc1cc(C(C)=CC=CC)cc(C(C=CC)=CCC2c3ccccc3-c3c2ccc2sc4ccccc4c32)n1. The fraction of sp³-hybridized carbons (Fsp3) is 0.167. The van der Waals surface area contributed by atoms with Crippen LogP contribution in [0.1, 0.15) is 68.1 Å². The fourth-order valence-electron chi connectivity index (χ4n) is 6.33. The summed E-state index contributed by atoms with van der Waals surface area (Å²) in [7, 11) is 0. The van der Waals surface area contributed by atoms with E-state index in [1.54, 1.807) is 0 Å². The number of rotatable bonds is 9. The van der Waals surface area contributed by atoms with Gasteiger partial charge < -0.3 is 0 Å². The minimum absolute atomic E-state index is 0.298. The molecule has 0 N–H and O–H groups in total. The molecule has 0 saturated carbocycles. The lowest BCUT2D eigenvalue weighted by atomic mass is 9.91. The summed E-state index contributed by atoms with van der Waals surface area (Å²) < 4.78 is 2.72. The van der Waals surface area contributed by atoms with Crippen molar-refractivity contribution in [3.8, 4) is 11.1 Å². The molecule has 1 aliphatic carbocycles. The zero-order chi connectivity index (χ0) is 30.5. The lowest BCUT2D eigenvalue weighted by Crippen LogP contribution is -1.99. The number of hydrogen-bond acceptors (Lipinski definition) is 2. The van der Waals surface area contributed by atoms with Crippen LogP contribution in [0.4, 0.5) is 0 Å². The first-order chi connectivity index (χ1) is 21.6. The van der Waals surface area contributed by atoms with Crippen LogP contribution in [0.15, 0.2) is 134 Å². The third-order valence-corrected chi connectivity index (χ3v) is 9.55. The molecule has 1 unspecified atom stereocenters. The Morgan fingerprint density at radius 2 is 1.64 bits per heavy atom. The minimum Gasteiger partial charge on any atom is -0.252 e. The topological polar surface area (TPSA) is 12.9 Å². The van der Waals surface area contributed by atoms with Gasteiger partial charge in [0, 0.05) is 38.2 Å². The van der Waals surface area contributed by atoms with E-state index in [2.05, 4.69) is 148 Å². The predicted octanol–water partition coefficient (Wildman–Crippen LogP) is 12.3. The van der Waals surface area contributed by atoms with Crippen molar-refractivity contribution in [1.82, 2.24) is 4.98 Å². The number of aromatic nitrogens is 1. The Labute approximate surface area is 266 Å². The Morgan fingerprint density at radius 3 is 2.48 bits per heavy atom. The van der Waals surface area contributed by atoms with Crippen molar-refractivity contribution in [1.29, 1.82) is 0 Å². The van der Waals surface area contributed by atoms with E-state index in [9.17, 15) is 0 Å². The maximum absolute atomic E-state index is 5.18. The molecule has 0 aliphatic heterocycles. The van der Waals surface area contributed by atoms with E-state index >= 15 is 0 Å². The van der Waals surface area contributed by atoms with E-state index in [0.29, 0.717) is 5.92 Å². The van der Waals surface area contributed by atoms with Crippen molar-refractivity contribution < 1.29 is 0 Å². The number of hydrogen-bond donors (Lipinski definition) is 0. The normalized spacial score (nSPS) is 15.6. The molecule has 0 amide bonds. The highest BCUT2D eigenvalue weighted by atomic mass is 32.1. The summed E-state index contributed by atoms with van der Waals surface area (Å²) >= 11 is 1.90. The van der Waals surface area contributed by atoms with Crippen LogP contribution in [0.3, 0.4) is 0 Å². The van der Waals surface area contributed by atoms with Gasteiger partial charge in [-0.15, -0.1) is 11.3 Å². The van der Waals surface area contributed by atoms with Gasteiger partial charge in [0.15, 0.2) is 0 Å². The van der Waals surface area contributed by atoms with Crippen LogP contribution in [0.5, 0.6) is 0 Å². The van der Waals surface area contributed by atoms with Crippen LogP contribution in [-0.2, 0) is 6.42 Å². The molecule has 1 nitrogen and oxygen atoms in total. The molecule has 1 aliphatic rings. The average Bonchev–Trinajstić information content (AvgIpc) is 3.59. The van der Waals surface area contributed by atoms with Crippen molar-refractivity contribution >= 4 is 42.7 Å². The fourth-order valence-corrected chi connectivity index (χ4v) is 7.44. The van der Waals surface area contributed by atoms with Gasteiger partial charge in [-0.2, -0.15) is 0 Å². The molecule has 0 spiro atoms. The Hall–Kier alpha value is -4.53. The lowest BCUT2D eigenvalue weighted by molar-refractivity contribution is 0.855. The molecular weight excluding hydrogens is 551 g/mol. The Bertz CT molecular complexity index is 2010. The Morgan fingerprint density at radius 1 is 0.818 bits per heavy atom. The Kier molecular flexibility index (Phi) is 9.00. The molecule has 2 aromatic heterocycles. The van der Waals surface area contributed by atoms with Crippen LogP contribution in [0.25, 0.3) is 42.4 Å². The lowest BCUT2D eigenvalue weighted by Gasteiger charge is -2.14. The van der Waals surface area contributed by atoms with Crippen molar-refractivity contribution in [2.24, 2.45) is 0 Å². The number of pyridine rings is 1. The molecule has 218 valence electrons. The molecule has 44 heavy (non-hydrogen) atoms. The standard InChI is InChI=1S/C42H39NS/c1-5-8-10-11-18-32-27-31(29(4)17-9-6-2)28-38(43-32)30(16-7-3)23-24-34-33-19-12-13-20-35(33)41-36(34)25-26-40-42(41)37-21-14-15-22-39(37)44-40/h5-17,19-23,25-28,34H,18,24H2,1-4H3. The van der Waals surface area contributed by atoms with E-state index in [1.807, 2.05) is 24.3 Å². The maximum atomic E-state index is 5.18. The Balaban J connectivity index is 1.44. The van der Waals surface area contributed by atoms with Gasteiger partial charge in [0.25, 0.3) is 0 Å². The molecule has 6 rings (SSSR count). The van der Waals surface area contributed by atoms with Gasteiger partial charge in [0.05, 0.1) is 5.69 Å². The van der Waals surface area contributed by atoms with Gasteiger partial charge in [0.2, 0.25) is 0 Å². The predicted molar refractivity (Wildman–Crippen MR) is 194 cm³/mol. The molecule has 2 heteroatoms. The summed E-state index contributed by atoms with van der Waals surface area (Å²) in [6.07, 6.45) is 23.2. The number of fused-ring (bicyclic) bond motifs is 7. The van der Waals surface area contributed by atoms with Gasteiger partial charge >= 0.3 is 0 Å². The van der Waals surface area contributed by atoms with Gasteiger partial charge in [-0.3, -0.25) is 4.98 Å². The van der Waals surface area contributed by atoms with Crippen LogP contribution in [-0.4, -0.2) is 4.98 Å². The zero-order valence-electron chi connectivity index (χ0n) is 26.0. The second kappa shape index (κ2) is 13.4. The van der Waals surface area contributed by atoms with Crippen molar-refractivity contribution in [2.45, 2.75) is 46.5 Å². The first kappa shape index (κ1) is 29.5. The van der Waals surface area contributed by atoms with Crippen molar-refractivity contribution in [3.05, 3.63) is 162 Å². The molecule has 5 aromatic rings. The molecular formula is C42H39NS. The van der Waals surface area contributed by atoms with Gasteiger partial charge in [-0.05, 0) is 97.3 Å². The van der Waals surface area contributed by atoms with Gasteiger partial charge in [-0.1, -0.05) is 109 Å². The van der Waals surface area contributed by atoms with Gasteiger partial charge in [0.1, 0.15) is 0 Å². The number of benzene rings is 3. The molecule has 0 saturated heterocycles. The average molecular weight is 590 g/mol. The van der Waals surface area contributed by atoms with E-state index in [-0.39, 0.29) is 0 Å². The number of allylic oxidation sites excluding steroid dienone is 12. The zero-order valence-corrected chi connectivity index (χ0v) is 26.9. The minimum atomic E-state index is 0.298. The molecule has 0 bridgehead atoms. The largest absolute Gasteiger partial charge is 0.252 e. The third-order valence-electron chi connectivity index (χ3n) is 8.41. The smallest absolute Gasteiger partial charge is 0.0708 e. The van der Waals surface area contributed by atoms with E-state index in [1.165, 1.54) is 59.1 Å². The van der Waals surface area contributed by atoms with E-state index in [0.717, 1.165) is 24.2 Å². The molecule has 0 radical (unpaired) electrons. The first-order valence-electron chi connectivity index (χ1n) is 15.6. The maximum Gasteiger partial charge on any atom is 0.0708 e. The summed E-state index contributed by atoms with van der Waals surface area (Å²) in [6.45, 7) is 8.36. The quantitative estimate of drug-likeness (QED) is 0.156. The molecule has 1 atom stereocenters. The highest BCUT2D eigenvalue weighted by Crippen LogP contribution is 2.52. The van der Waals surface area contributed by atoms with E-state index < -0.39 is 0 Å². The van der Waals surface area contributed by atoms with E-state index in [4.69, 9.17) is 4.98 Å². The van der Waals surface area contributed by atoms with Crippen LogP contribution in [0, 0.1) is 0 Å². The monoisotopic (exact) mass is 589 g/mol. The van der Waals surface area contributed by atoms with Gasteiger partial charge in [-0.25, -0.2) is 0 Å². The summed E-state index contributed by atoms with van der Waals surface area (Å²) in [5.41, 5.74) is 11.4.